The normalized spacial score (nSPS) is 10.4. The minimum atomic E-state index is -0.456. The van der Waals surface area contributed by atoms with Crippen molar-refractivity contribution in [2.45, 2.75) is 12.1 Å². The van der Waals surface area contributed by atoms with Crippen LogP contribution in [0.3, 0.4) is 0 Å². The fourth-order valence-corrected chi connectivity index (χ4v) is 3.29. The van der Waals surface area contributed by atoms with Crippen LogP contribution in [0.1, 0.15) is 15.9 Å². The van der Waals surface area contributed by atoms with Crippen LogP contribution in [0.25, 0.3) is 5.69 Å². The van der Waals surface area contributed by atoms with Gasteiger partial charge in [0.15, 0.2) is 5.16 Å². The quantitative estimate of drug-likeness (QED) is 0.471. The number of ether oxygens (including phenoxy) is 2. The smallest absolute Gasteiger partial charge is 0.337 e. The Morgan fingerprint density at radius 3 is 2.59 bits per heavy atom. The first-order chi connectivity index (χ1) is 14.0. The number of carbonyl (C=O) groups excluding carboxylic acids is 2. The average molecular weight is 412 g/mol. The van der Waals surface area contributed by atoms with E-state index in [2.05, 4.69) is 15.5 Å². The van der Waals surface area contributed by atoms with Gasteiger partial charge < -0.3 is 14.8 Å². The summed E-state index contributed by atoms with van der Waals surface area (Å²) < 4.78 is 11.7. The standard InChI is InChI=1S/C20H20N4O4S/c1-13-4-5-14(19(26)28-3)10-17(13)22-18(25)11-29-20-23-21-12-24(20)15-6-8-16(27-2)9-7-15/h4-10,12H,11H2,1-3H3,(H,22,25). The summed E-state index contributed by atoms with van der Waals surface area (Å²) in [7, 11) is 2.92. The summed E-state index contributed by atoms with van der Waals surface area (Å²) in [5.41, 5.74) is 2.65. The van der Waals surface area contributed by atoms with Crippen LogP contribution in [0, 0.1) is 6.92 Å². The van der Waals surface area contributed by atoms with Crippen LogP contribution in [0.4, 0.5) is 5.69 Å². The summed E-state index contributed by atoms with van der Waals surface area (Å²) in [4.78, 5) is 24.1. The number of rotatable bonds is 7. The van der Waals surface area contributed by atoms with Crippen molar-refractivity contribution in [3.63, 3.8) is 0 Å². The SMILES string of the molecule is COC(=O)c1ccc(C)c(NC(=O)CSc2nncn2-c2ccc(OC)cc2)c1. The van der Waals surface area contributed by atoms with E-state index in [1.165, 1.54) is 18.9 Å². The summed E-state index contributed by atoms with van der Waals surface area (Å²) >= 11 is 1.26. The molecule has 0 radical (unpaired) electrons. The molecule has 9 heteroatoms. The fourth-order valence-electron chi connectivity index (χ4n) is 2.56. The number of aromatic nitrogens is 3. The molecule has 150 valence electrons. The van der Waals surface area contributed by atoms with Gasteiger partial charge in [-0.2, -0.15) is 0 Å². The minimum absolute atomic E-state index is 0.136. The maximum Gasteiger partial charge on any atom is 0.337 e. The molecule has 3 rings (SSSR count). The van der Waals surface area contributed by atoms with Crippen molar-refractivity contribution in [1.29, 1.82) is 0 Å². The van der Waals surface area contributed by atoms with Crippen molar-refractivity contribution >= 4 is 29.3 Å². The van der Waals surface area contributed by atoms with Crippen LogP contribution in [0.2, 0.25) is 0 Å². The van der Waals surface area contributed by atoms with E-state index in [1.807, 2.05) is 31.2 Å². The molecular formula is C20H20N4O4S. The lowest BCUT2D eigenvalue weighted by Gasteiger charge is -2.10. The van der Waals surface area contributed by atoms with Gasteiger partial charge in [0, 0.05) is 11.4 Å². The number of benzene rings is 2. The Morgan fingerprint density at radius 1 is 1.14 bits per heavy atom. The van der Waals surface area contributed by atoms with E-state index in [4.69, 9.17) is 9.47 Å². The highest BCUT2D eigenvalue weighted by Crippen LogP contribution is 2.22. The van der Waals surface area contributed by atoms with E-state index in [9.17, 15) is 9.59 Å². The number of amides is 1. The number of hydrogen-bond acceptors (Lipinski definition) is 7. The van der Waals surface area contributed by atoms with Crippen LogP contribution in [0.5, 0.6) is 5.75 Å². The highest BCUT2D eigenvalue weighted by atomic mass is 32.2. The number of hydrogen-bond donors (Lipinski definition) is 1. The molecule has 0 aliphatic rings. The molecule has 0 aliphatic carbocycles. The van der Waals surface area contributed by atoms with Crippen molar-refractivity contribution in [3.05, 3.63) is 59.9 Å². The molecule has 1 amide bonds. The van der Waals surface area contributed by atoms with Crippen molar-refractivity contribution < 1.29 is 19.1 Å². The first-order valence-electron chi connectivity index (χ1n) is 8.68. The average Bonchev–Trinajstić information content (AvgIpc) is 3.22. The zero-order valence-electron chi connectivity index (χ0n) is 16.2. The first-order valence-corrected chi connectivity index (χ1v) is 9.66. The van der Waals surface area contributed by atoms with Crippen LogP contribution in [-0.4, -0.2) is 46.6 Å². The van der Waals surface area contributed by atoms with E-state index >= 15 is 0 Å². The van der Waals surface area contributed by atoms with E-state index < -0.39 is 5.97 Å². The van der Waals surface area contributed by atoms with Crippen LogP contribution in [-0.2, 0) is 9.53 Å². The molecule has 8 nitrogen and oxygen atoms in total. The van der Waals surface area contributed by atoms with Gasteiger partial charge >= 0.3 is 5.97 Å². The molecule has 2 aromatic carbocycles. The number of nitrogens with one attached hydrogen (secondary N) is 1. The molecule has 0 unspecified atom stereocenters. The summed E-state index contributed by atoms with van der Waals surface area (Å²) in [6.07, 6.45) is 1.59. The molecule has 0 saturated heterocycles. The number of anilines is 1. The molecule has 0 spiro atoms. The van der Waals surface area contributed by atoms with Gasteiger partial charge in [-0.1, -0.05) is 17.8 Å². The lowest BCUT2D eigenvalue weighted by molar-refractivity contribution is -0.113. The number of aryl methyl sites for hydroxylation is 1. The molecule has 0 fully saturated rings. The topological polar surface area (TPSA) is 95.3 Å². The Labute approximate surface area is 172 Å². The molecule has 0 atom stereocenters. The van der Waals surface area contributed by atoms with Crippen LogP contribution >= 0.6 is 11.8 Å². The molecule has 0 aliphatic heterocycles. The Hall–Kier alpha value is -3.33. The molecule has 3 aromatic rings. The minimum Gasteiger partial charge on any atom is -0.497 e. The summed E-state index contributed by atoms with van der Waals surface area (Å²) in [6.45, 7) is 1.85. The van der Waals surface area contributed by atoms with Crippen LogP contribution < -0.4 is 10.1 Å². The van der Waals surface area contributed by atoms with Gasteiger partial charge in [0.2, 0.25) is 5.91 Å². The van der Waals surface area contributed by atoms with Gasteiger partial charge in [0.1, 0.15) is 12.1 Å². The Bertz CT molecular complexity index is 1020. The van der Waals surface area contributed by atoms with Crippen molar-refractivity contribution in [2.75, 3.05) is 25.3 Å². The summed E-state index contributed by atoms with van der Waals surface area (Å²) in [6, 6.07) is 12.5. The number of nitrogens with zero attached hydrogens (tertiary/aromatic N) is 3. The zero-order chi connectivity index (χ0) is 20.8. The van der Waals surface area contributed by atoms with Gasteiger partial charge in [0.25, 0.3) is 0 Å². The number of carbonyl (C=O) groups is 2. The third-order valence-electron chi connectivity index (χ3n) is 4.13. The molecule has 1 N–H and O–H groups in total. The van der Waals surface area contributed by atoms with Gasteiger partial charge in [-0.3, -0.25) is 9.36 Å². The summed E-state index contributed by atoms with van der Waals surface area (Å²) in [5.74, 6) is 0.211. The number of esters is 1. The highest BCUT2D eigenvalue weighted by molar-refractivity contribution is 7.99. The Balaban J connectivity index is 1.66. The number of methoxy groups -OCH3 is 2. The predicted molar refractivity (Wildman–Crippen MR) is 110 cm³/mol. The van der Waals surface area contributed by atoms with E-state index in [0.29, 0.717) is 16.4 Å². The maximum absolute atomic E-state index is 12.4. The maximum atomic E-state index is 12.4. The molecule has 0 saturated carbocycles. The van der Waals surface area contributed by atoms with E-state index in [-0.39, 0.29) is 11.7 Å². The second kappa shape index (κ2) is 9.24. The first kappa shape index (κ1) is 20.4. The third-order valence-corrected chi connectivity index (χ3v) is 5.08. The fraction of sp³-hybridized carbons (Fsp3) is 0.200. The zero-order valence-corrected chi connectivity index (χ0v) is 17.0. The lowest BCUT2D eigenvalue weighted by Crippen LogP contribution is -2.16. The molecule has 1 heterocycles. The summed E-state index contributed by atoms with van der Waals surface area (Å²) in [5, 5.41) is 11.4. The largest absolute Gasteiger partial charge is 0.497 e. The van der Waals surface area contributed by atoms with Crippen molar-refractivity contribution in [3.8, 4) is 11.4 Å². The van der Waals surface area contributed by atoms with Gasteiger partial charge in [-0.15, -0.1) is 10.2 Å². The Morgan fingerprint density at radius 2 is 1.90 bits per heavy atom. The molecule has 29 heavy (non-hydrogen) atoms. The van der Waals surface area contributed by atoms with Crippen LogP contribution in [0.15, 0.2) is 53.9 Å². The molecular weight excluding hydrogens is 392 g/mol. The monoisotopic (exact) mass is 412 g/mol. The molecule has 0 bridgehead atoms. The second-order valence-electron chi connectivity index (χ2n) is 6.04. The van der Waals surface area contributed by atoms with E-state index in [1.54, 1.807) is 36.2 Å². The van der Waals surface area contributed by atoms with Crippen molar-refractivity contribution in [1.82, 2.24) is 14.8 Å². The lowest BCUT2D eigenvalue weighted by atomic mass is 10.1. The highest BCUT2D eigenvalue weighted by Gasteiger charge is 2.13. The van der Waals surface area contributed by atoms with Gasteiger partial charge in [0.05, 0.1) is 25.5 Å². The number of thioether (sulfide) groups is 1. The predicted octanol–water partition coefficient (Wildman–Crippen LogP) is 3.10. The van der Waals surface area contributed by atoms with E-state index in [0.717, 1.165) is 17.0 Å². The molecule has 1 aromatic heterocycles. The third kappa shape index (κ3) is 4.94. The van der Waals surface area contributed by atoms with Gasteiger partial charge in [-0.25, -0.2) is 4.79 Å². The Kier molecular flexibility index (Phi) is 6.50. The second-order valence-corrected chi connectivity index (χ2v) is 6.98. The van der Waals surface area contributed by atoms with Crippen molar-refractivity contribution in [2.24, 2.45) is 0 Å². The van der Waals surface area contributed by atoms with Gasteiger partial charge in [-0.05, 0) is 48.9 Å².